The fourth-order valence-corrected chi connectivity index (χ4v) is 4.22. The molecule has 0 amide bonds. The summed E-state index contributed by atoms with van der Waals surface area (Å²) in [5.74, 6) is 0.786. The molecule has 0 unspecified atom stereocenters. The molecular formula is C25H29N3O2. The second kappa shape index (κ2) is 9.16. The molecule has 3 aromatic rings. The van der Waals surface area contributed by atoms with Gasteiger partial charge in [-0.3, -0.25) is 14.9 Å². The Balaban J connectivity index is 1.82. The Morgan fingerprint density at radius 3 is 2.30 bits per heavy atom. The van der Waals surface area contributed by atoms with Crippen molar-refractivity contribution in [3.8, 4) is 22.7 Å². The van der Waals surface area contributed by atoms with Crippen molar-refractivity contribution in [1.29, 1.82) is 0 Å². The van der Waals surface area contributed by atoms with Gasteiger partial charge in [0, 0.05) is 11.3 Å². The summed E-state index contributed by atoms with van der Waals surface area (Å²) < 4.78 is 6.90. The lowest BCUT2D eigenvalue weighted by Crippen LogP contribution is -2.20. The summed E-state index contributed by atoms with van der Waals surface area (Å²) in [6.45, 7) is 1.97. The summed E-state index contributed by atoms with van der Waals surface area (Å²) in [6.07, 6.45) is 7.21. The van der Waals surface area contributed by atoms with Crippen LogP contribution in [0.5, 0.6) is 5.75 Å². The molecule has 4 rings (SSSR count). The van der Waals surface area contributed by atoms with E-state index in [2.05, 4.69) is 5.10 Å². The lowest BCUT2D eigenvalue weighted by atomic mass is 10.0. The fourth-order valence-electron chi connectivity index (χ4n) is 4.22. The third-order valence-electron chi connectivity index (χ3n) is 5.85. The van der Waals surface area contributed by atoms with Gasteiger partial charge in [-0.2, -0.15) is 0 Å². The predicted octanol–water partition coefficient (Wildman–Crippen LogP) is 5.37. The van der Waals surface area contributed by atoms with E-state index in [1.165, 1.54) is 25.7 Å². The highest BCUT2D eigenvalue weighted by atomic mass is 16.5. The van der Waals surface area contributed by atoms with Crippen LogP contribution >= 0.6 is 0 Å². The Bertz CT molecular complexity index is 1050. The first-order valence-corrected chi connectivity index (χ1v) is 10.8. The summed E-state index contributed by atoms with van der Waals surface area (Å²) in [5, 5.41) is 3.33. The molecule has 5 nitrogen and oxygen atoms in total. The summed E-state index contributed by atoms with van der Waals surface area (Å²) >= 11 is 0. The molecule has 0 saturated heterocycles. The third-order valence-corrected chi connectivity index (χ3v) is 5.85. The van der Waals surface area contributed by atoms with E-state index in [-0.39, 0.29) is 5.56 Å². The highest BCUT2D eigenvalue weighted by Crippen LogP contribution is 2.26. The number of hydrogen-bond acceptors (Lipinski definition) is 3. The number of aliphatic imine (C=N–C) groups is 1. The molecule has 1 saturated carbocycles. The van der Waals surface area contributed by atoms with Gasteiger partial charge >= 0.3 is 0 Å². The van der Waals surface area contributed by atoms with E-state index in [0.29, 0.717) is 11.6 Å². The number of nitrogens with zero attached hydrogens (tertiary/aromatic N) is 2. The van der Waals surface area contributed by atoms with Gasteiger partial charge in [-0.15, -0.1) is 0 Å². The first kappa shape index (κ1) is 20.2. The molecule has 1 aliphatic rings. The van der Waals surface area contributed by atoms with Gasteiger partial charge < -0.3 is 4.74 Å². The molecule has 156 valence electrons. The number of benzene rings is 2. The Hall–Kier alpha value is -3.08. The first-order chi connectivity index (χ1) is 14.7. The van der Waals surface area contributed by atoms with E-state index >= 15 is 0 Å². The van der Waals surface area contributed by atoms with Crippen molar-refractivity contribution in [2.24, 2.45) is 4.99 Å². The SMILES string of the molecule is COc1ccc(-c2[nH]n(-c3ccccc3)c(=O)c2C(C)=NC2CCCCCC2)cc1. The fraction of sp³-hybridized carbons (Fsp3) is 0.360. The number of nitrogens with one attached hydrogen (secondary N) is 1. The van der Waals surface area contributed by atoms with Gasteiger partial charge in [-0.1, -0.05) is 43.9 Å². The molecule has 0 aliphatic heterocycles. The average molecular weight is 404 g/mol. The largest absolute Gasteiger partial charge is 0.497 e. The average Bonchev–Trinajstić information content (AvgIpc) is 2.94. The van der Waals surface area contributed by atoms with Crippen LogP contribution in [0.25, 0.3) is 16.9 Å². The Morgan fingerprint density at radius 2 is 1.67 bits per heavy atom. The van der Waals surface area contributed by atoms with E-state index in [1.807, 2.05) is 61.5 Å². The maximum absolute atomic E-state index is 13.5. The van der Waals surface area contributed by atoms with Crippen LogP contribution in [-0.4, -0.2) is 28.6 Å². The molecule has 0 bridgehead atoms. The first-order valence-electron chi connectivity index (χ1n) is 10.8. The minimum absolute atomic E-state index is 0.0677. The lowest BCUT2D eigenvalue weighted by molar-refractivity contribution is 0.415. The summed E-state index contributed by atoms with van der Waals surface area (Å²) in [6, 6.07) is 17.7. The number of hydrogen-bond donors (Lipinski definition) is 1. The number of aromatic amines is 1. The van der Waals surface area contributed by atoms with Gasteiger partial charge in [0.25, 0.3) is 5.56 Å². The van der Waals surface area contributed by atoms with E-state index in [9.17, 15) is 4.79 Å². The molecule has 5 heteroatoms. The smallest absolute Gasteiger partial charge is 0.280 e. The molecule has 0 radical (unpaired) electrons. The maximum atomic E-state index is 13.5. The monoisotopic (exact) mass is 403 g/mol. The molecule has 1 aliphatic carbocycles. The maximum Gasteiger partial charge on any atom is 0.280 e. The van der Waals surface area contributed by atoms with Crippen LogP contribution in [-0.2, 0) is 0 Å². The van der Waals surface area contributed by atoms with Crippen LogP contribution in [0.3, 0.4) is 0 Å². The molecular weight excluding hydrogens is 374 g/mol. The van der Waals surface area contributed by atoms with Crippen molar-refractivity contribution in [3.63, 3.8) is 0 Å². The number of H-pyrrole nitrogens is 1. The van der Waals surface area contributed by atoms with Crippen molar-refractivity contribution in [2.45, 2.75) is 51.5 Å². The van der Waals surface area contributed by atoms with Gasteiger partial charge in [0.15, 0.2) is 0 Å². The van der Waals surface area contributed by atoms with E-state index in [1.54, 1.807) is 11.8 Å². The highest BCUT2D eigenvalue weighted by Gasteiger charge is 2.21. The standard InChI is InChI=1S/C25H29N3O2/c1-18(26-20-10-6-3-4-7-11-20)23-24(19-14-16-22(30-2)17-15-19)27-28(25(23)29)21-12-8-5-9-13-21/h5,8-9,12-17,20,27H,3-4,6-7,10-11H2,1-2H3. The van der Waals surface area contributed by atoms with Crippen LogP contribution < -0.4 is 10.3 Å². The molecule has 0 atom stereocenters. The van der Waals surface area contributed by atoms with Crippen molar-refractivity contribution < 1.29 is 4.74 Å². The van der Waals surface area contributed by atoms with Gasteiger partial charge in [0.2, 0.25) is 0 Å². The zero-order chi connectivity index (χ0) is 20.9. The lowest BCUT2D eigenvalue weighted by Gasteiger charge is -2.10. The normalized spacial score (nSPS) is 15.7. The van der Waals surface area contributed by atoms with Gasteiger partial charge in [-0.25, -0.2) is 4.68 Å². The van der Waals surface area contributed by atoms with Crippen LogP contribution in [0.15, 0.2) is 64.4 Å². The number of para-hydroxylation sites is 1. The minimum atomic E-state index is -0.0677. The van der Waals surface area contributed by atoms with Crippen molar-refractivity contribution >= 4 is 5.71 Å². The summed E-state index contributed by atoms with van der Waals surface area (Å²) in [7, 11) is 1.65. The zero-order valence-corrected chi connectivity index (χ0v) is 17.7. The number of rotatable bonds is 5. The molecule has 0 spiro atoms. The molecule has 1 fully saturated rings. The van der Waals surface area contributed by atoms with Crippen LogP contribution in [0.1, 0.15) is 51.0 Å². The predicted molar refractivity (Wildman–Crippen MR) is 122 cm³/mol. The van der Waals surface area contributed by atoms with Crippen molar-refractivity contribution in [2.75, 3.05) is 7.11 Å². The van der Waals surface area contributed by atoms with Crippen LogP contribution in [0, 0.1) is 0 Å². The minimum Gasteiger partial charge on any atom is -0.497 e. The van der Waals surface area contributed by atoms with E-state index in [4.69, 9.17) is 9.73 Å². The topological polar surface area (TPSA) is 59.4 Å². The zero-order valence-electron chi connectivity index (χ0n) is 17.7. The van der Waals surface area contributed by atoms with Crippen LogP contribution in [0.4, 0.5) is 0 Å². The molecule has 1 aromatic heterocycles. The molecule has 1 heterocycles. The Morgan fingerprint density at radius 1 is 1.00 bits per heavy atom. The second-order valence-corrected chi connectivity index (χ2v) is 7.93. The van der Waals surface area contributed by atoms with Crippen molar-refractivity contribution in [1.82, 2.24) is 9.78 Å². The van der Waals surface area contributed by atoms with Gasteiger partial charge in [0.05, 0.1) is 30.1 Å². The van der Waals surface area contributed by atoms with Gasteiger partial charge in [-0.05, 0) is 56.2 Å². The van der Waals surface area contributed by atoms with E-state index in [0.717, 1.165) is 41.2 Å². The molecule has 2 aromatic carbocycles. The van der Waals surface area contributed by atoms with Crippen LogP contribution in [0.2, 0.25) is 0 Å². The highest BCUT2D eigenvalue weighted by molar-refractivity contribution is 6.03. The third kappa shape index (κ3) is 4.25. The van der Waals surface area contributed by atoms with E-state index < -0.39 is 0 Å². The van der Waals surface area contributed by atoms with Crippen molar-refractivity contribution in [3.05, 3.63) is 70.5 Å². The molecule has 1 N–H and O–H groups in total. The summed E-state index contributed by atoms with van der Waals surface area (Å²) in [5.41, 5.74) is 3.93. The Kier molecular flexibility index (Phi) is 6.17. The number of ether oxygens (including phenoxy) is 1. The molecule has 30 heavy (non-hydrogen) atoms. The van der Waals surface area contributed by atoms with Gasteiger partial charge in [0.1, 0.15) is 5.75 Å². The summed E-state index contributed by atoms with van der Waals surface area (Å²) in [4.78, 5) is 18.5. The number of methoxy groups -OCH3 is 1. The Labute approximate surface area is 177 Å². The second-order valence-electron chi connectivity index (χ2n) is 7.93. The quantitative estimate of drug-likeness (QED) is 0.460. The number of aromatic nitrogens is 2.